The van der Waals surface area contributed by atoms with Gasteiger partial charge >= 0.3 is 0 Å². The largest absolute Gasteiger partial charge is 0.448 e. The lowest BCUT2D eigenvalue weighted by atomic mass is 10.1. The SMILES string of the molecule is CC(NC(=O)c1ccc(-c2nc3ccccc3s2)o1)c1ccc(NC(=O)C2CC2)cc1. The van der Waals surface area contributed by atoms with Gasteiger partial charge in [-0.15, -0.1) is 11.3 Å². The molecule has 1 aliphatic rings. The molecular weight excluding hydrogens is 410 g/mol. The highest BCUT2D eigenvalue weighted by Gasteiger charge is 2.29. The molecule has 31 heavy (non-hydrogen) atoms. The third-order valence-corrected chi connectivity index (χ3v) is 6.36. The van der Waals surface area contributed by atoms with Gasteiger partial charge in [0.15, 0.2) is 16.5 Å². The van der Waals surface area contributed by atoms with Crippen molar-refractivity contribution in [2.24, 2.45) is 5.92 Å². The van der Waals surface area contributed by atoms with Gasteiger partial charge in [-0.2, -0.15) is 0 Å². The molecule has 2 heterocycles. The van der Waals surface area contributed by atoms with Crippen LogP contribution in [-0.2, 0) is 4.79 Å². The Labute approximate surface area is 183 Å². The number of para-hydroxylation sites is 1. The summed E-state index contributed by atoms with van der Waals surface area (Å²) in [6.45, 7) is 1.91. The Morgan fingerprint density at radius 1 is 1.06 bits per heavy atom. The fourth-order valence-electron chi connectivity index (χ4n) is 3.35. The van der Waals surface area contributed by atoms with Crippen LogP contribution in [0.3, 0.4) is 0 Å². The van der Waals surface area contributed by atoms with E-state index in [1.54, 1.807) is 12.1 Å². The van der Waals surface area contributed by atoms with E-state index in [-0.39, 0.29) is 29.5 Å². The number of benzene rings is 2. The van der Waals surface area contributed by atoms with E-state index in [4.69, 9.17) is 4.42 Å². The molecule has 7 heteroatoms. The molecule has 1 atom stereocenters. The standard InChI is InChI=1S/C24H21N3O3S/c1-14(15-8-10-17(11-9-15)26-22(28)16-6-7-16)25-23(29)19-12-13-20(30-19)24-27-18-4-2-3-5-21(18)31-24/h2-5,8-14,16H,6-7H2,1H3,(H,25,29)(H,26,28). The monoisotopic (exact) mass is 431 g/mol. The molecule has 1 aliphatic carbocycles. The minimum atomic E-state index is -0.286. The van der Waals surface area contributed by atoms with Crippen molar-refractivity contribution in [3.63, 3.8) is 0 Å². The molecule has 1 fully saturated rings. The summed E-state index contributed by atoms with van der Waals surface area (Å²) < 4.78 is 6.85. The molecule has 6 nitrogen and oxygen atoms in total. The zero-order valence-corrected chi connectivity index (χ0v) is 17.7. The molecule has 0 aliphatic heterocycles. The Morgan fingerprint density at radius 3 is 2.58 bits per heavy atom. The Kier molecular flexibility index (Phi) is 5.03. The van der Waals surface area contributed by atoms with Gasteiger partial charge in [0.1, 0.15) is 0 Å². The molecule has 2 N–H and O–H groups in total. The second-order valence-corrected chi connectivity index (χ2v) is 8.76. The average Bonchev–Trinajstić information content (AvgIpc) is 3.35. The van der Waals surface area contributed by atoms with Gasteiger partial charge in [0, 0.05) is 11.6 Å². The predicted molar refractivity (Wildman–Crippen MR) is 121 cm³/mol. The van der Waals surface area contributed by atoms with Gasteiger partial charge < -0.3 is 15.1 Å². The number of fused-ring (bicyclic) bond motifs is 1. The van der Waals surface area contributed by atoms with Gasteiger partial charge in [-0.3, -0.25) is 9.59 Å². The van der Waals surface area contributed by atoms with E-state index in [9.17, 15) is 9.59 Å². The molecule has 0 spiro atoms. The van der Waals surface area contributed by atoms with Crippen LogP contribution < -0.4 is 10.6 Å². The summed E-state index contributed by atoms with van der Waals surface area (Å²) in [4.78, 5) is 29.1. The van der Waals surface area contributed by atoms with Gasteiger partial charge in [-0.25, -0.2) is 4.98 Å². The lowest BCUT2D eigenvalue weighted by Crippen LogP contribution is -2.26. The first-order valence-electron chi connectivity index (χ1n) is 10.2. The van der Waals surface area contributed by atoms with E-state index in [0.717, 1.165) is 39.3 Å². The average molecular weight is 432 g/mol. The maximum absolute atomic E-state index is 12.7. The van der Waals surface area contributed by atoms with Crippen molar-refractivity contribution in [2.45, 2.75) is 25.8 Å². The van der Waals surface area contributed by atoms with Crippen molar-refractivity contribution < 1.29 is 14.0 Å². The molecule has 156 valence electrons. The lowest BCUT2D eigenvalue weighted by Gasteiger charge is -2.14. The molecular formula is C24H21N3O3S. The number of hydrogen-bond donors (Lipinski definition) is 2. The molecule has 2 aromatic carbocycles. The number of anilines is 1. The van der Waals surface area contributed by atoms with Crippen molar-refractivity contribution in [2.75, 3.05) is 5.32 Å². The van der Waals surface area contributed by atoms with E-state index in [1.165, 1.54) is 11.3 Å². The quantitative estimate of drug-likeness (QED) is 0.428. The number of amides is 2. The first kappa shape index (κ1) is 19.5. The van der Waals surface area contributed by atoms with Crippen LogP contribution in [0.15, 0.2) is 65.1 Å². The summed E-state index contributed by atoms with van der Waals surface area (Å²) in [7, 11) is 0. The summed E-state index contributed by atoms with van der Waals surface area (Å²) in [6.07, 6.45) is 1.95. The summed E-state index contributed by atoms with van der Waals surface area (Å²) >= 11 is 1.53. The zero-order valence-electron chi connectivity index (χ0n) is 16.9. The lowest BCUT2D eigenvalue weighted by molar-refractivity contribution is -0.117. The van der Waals surface area contributed by atoms with Gasteiger partial charge in [-0.1, -0.05) is 24.3 Å². The first-order valence-corrected chi connectivity index (χ1v) is 11.1. The van der Waals surface area contributed by atoms with Crippen LogP contribution in [0, 0.1) is 5.92 Å². The van der Waals surface area contributed by atoms with Gasteiger partial charge in [0.2, 0.25) is 5.91 Å². The van der Waals surface area contributed by atoms with Crippen LogP contribution in [-0.4, -0.2) is 16.8 Å². The van der Waals surface area contributed by atoms with E-state index < -0.39 is 0 Å². The molecule has 5 rings (SSSR count). The predicted octanol–water partition coefficient (Wildman–Crippen LogP) is 5.40. The Morgan fingerprint density at radius 2 is 1.84 bits per heavy atom. The molecule has 0 saturated heterocycles. The minimum Gasteiger partial charge on any atom is -0.448 e. The molecule has 0 radical (unpaired) electrons. The molecule has 1 saturated carbocycles. The van der Waals surface area contributed by atoms with Crippen molar-refractivity contribution in [3.05, 3.63) is 72.0 Å². The van der Waals surface area contributed by atoms with E-state index in [1.807, 2.05) is 55.5 Å². The Hall–Kier alpha value is -3.45. The number of thiazole rings is 1. The first-order chi connectivity index (χ1) is 15.1. The fourth-order valence-corrected chi connectivity index (χ4v) is 4.28. The number of rotatable bonds is 6. The Balaban J connectivity index is 1.24. The fraction of sp³-hybridized carbons (Fsp3) is 0.208. The number of hydrogen-bond acceptors (Lipinski definition) is 5. The van der Waals surface area contributed by atoms with Crippen LogP contribution in [0.1, 0.15) is 41.9 Å². The number of furan rings is 1. The summed E-state index contributed by atoms with van der Waals surface area (Å²) in [5, 5.41) is 6.62. The molecule has 4 aromatic rings. The molecule has 1 unspecified atom stereocenters. The number of nitrogens with one attached hydrogen (secondary N) is 2. The van der Waals surface area contributed by atoms with Crippen molar-refractivity contribution in [1.82, 2.24) is 10.3 Å². The van der Waals surface area contributed by atoms with Crippen molar-refractivity contribution in [1.29, 1.82) is 0 Å². The van der Waals surface area contributed by atoms with Crippen LogP contribution in [0.4, 0.5) is 5.69 Å². The van der Waals surface area contributed by atoms with Gasteiger partial charge in [0.25, 0.3) is 5.91 Å². The molecule has 2 aromatic heterocycles. The van der Waals surface area contributed by atoms with Crippen LogP contribution in [0.2, 0.25) is 0 Å². The molecule has 2 amide bonds. The minimum absolute atomic E-state index is 0.0795. The summed E-state index contributed by atoms with van der Waals surface area (Å²) in [5.41, 5.74) is 2.62. The van der Waals surface area contributed by atoms with Crippen molar-refractivity contribution >= 4 is 39.1 Å². The third-order valence-electron chi connectivity index (χ3n) is 5.31. The van der Waals surface area contributed by atoms with Crippen LogP contribution in [0.5, 0.6) is 0 Å². The normalized spacial score (nSPS) is 14.4. The zero-order chi connectivity index (χ0) is 21.4. The van der Waals surface area contributed by atoms with Gasteiger partial charge in [0.05, 0.1) is 16.3 Å². The second-order valence-electron chi connectivity index (χ2n) is 7.73. The number of nitrogens with zero attached hydrogens (tertiary/aromatic N) is 1. The second kappa shape index (κ2) is 8.00. The highest BCUT2D eigenvalue weighted by molar-refractivity contribution is 7.21. The third kappa shape index (κ3) is 4.22. The smallest absolute Gasteiger partial charge is 0.287 e. The van der Waals surface area contributed by atoms with Crippen molar-refractivity contribution in [3.8, 4) is 10.8 Å². The molecule has 0 bridgehead atoms. The number of carbonyl (C=O) groups excluding carboxylic acids is 2. The summed E-state index contributed by atoms with van der Waals surface area (Å²) in [6, 6.07) is 18.6. The highest BCUT2D eigenvalue weighted by Crippen LogP contribution is 2.32. The highest BCUT2D eigenvalue weighted by atomic mass is 32.1. The van der Waals surface area contributed by atoms with Crippen LogP contribution >= 0.6 is 11.3 Å². The summed E-state index contributed by atoms with van der Waals surface area (Å²) in [5.74, 6) is 0.782. The van der Waals surface area contributed by atoms with Gasteiger partial charge in [-0.05, 0) is 61.7 Å². The maximum atomic E-state index is 12.7. The number of carbonyl (C=O) groups is 2. The van der Waals surface area contributed by atoms with E-state index in [2.05, 4.69) is 15.6 Å². The number of aromatic nitrogens is 1. The maximum Gasteiger partial charge on any atom is 0.287 e. The Bertz CT molecular complexity index is 1220. The van der Waals surface area contributed by atoms with Crippen LogP contribution in [0.25, 0.3) is 21.0 Å². The van der Waals surface area contributed by atoms with E-state index >= 15 is 0 Å². The topological polar surface area (TPSA) is 84.2 Å². The van der Waals surface area contributed by atoms with E-state index in [0.29, 0.717) is 5.76 Å².